The van der Waals surface area contributed by atoms with Gasteiger partial charge in [0.25, 0.3) is 0 Å². The van der Waals surface area contributed by atoms with Crippen LogP contribution in [0.25, 0.3) is 10.8 Å². The van der Waals surface area contributed by atoms with Crippen LogP contribution in [-0.2, 0) is 4.79 Å². The van der Waals surface area contributed by atoms with E-state index in [1.165, 1.54) is 18.2 Å². The fraction of sp³-hybridized carbons (Fsp3) is 0.550. The second kappa shape index (κ2) is 5.97. The molecule has 132 valence electrons. The van der Waals surface area contributed by atoms with Crippen LogP contribution in [0.1, 0.15) is 40.0 Å². The van der Waals surface area contributed by atoms with Crippen LogP contribution in [0.5, 0.6) is 0 Å². The number of likely N-dealkylation sites (tertiary alicyclic amines) is 1. The van der Waals surface area contributed by atoms with Crippen LogP contribution < -0.4 is 0 Å². The van der Waals surface area contributed by atoms with Gasteiger partial charge in [-0.15, -0.1) is 5.10 Å². The average molecular weight is 356 g/mol. The Morgan fingerprint density at radius 3 is 2.92 bits per heavy atom. The Hall–Kier alpha value is -1.62. The summed E-state index contributed by atoms with van der Waals surface area (Å²) in [4.78, 5) is 15.0. The Kier molecular flexibility index (Phi) is 4.02. The van der Waals surface area contributed by atoms with Crippen LogP contribution in [0.4, 0.5) is 0 Å². The highest BCUT2D eigenvalue weighted by molar-refractivity contribution is 8.00. The third-order valence-electron chi connectivity index (χ3n) is 5.60. The number of carbonyl (C=O) groups is 1. The summed E-state index contributed by atoms with van der Waals surface area (Å²) in [5.41, 5.74) is 0.618. The zero-order valence-corrected chi connectivity index (χ0v) is 16.0. The molecule has 2 bridgehead atoms. The first kappa shape index (κ1) is 16.8. The van der Waals surface area contributed by atoms with Gasteiger partial charge in [-0.3, -0.25) is 4.79 Å². The largest absolute Gasteiger partial charge is 0.338 e. The lowest BCUT2D eigenvalue weighted by Crippen LogP contribution is -2.38. The first-order valence-electron chi connectivity index (χ1n) is 8.98. The summed E-state index contributed by atoms with van der Waals surface area (Å²) in [5.74, 6) is 0.682. The second-order valence-corrected chi connectivity index (χ2v) is 9.73. The van der Waals surface area contributed by atoms with Gasteiger partial charge in [0.15, 0.2) is 0 Å². The van der Waals surface area contributed by atoms with Gasteiger partial charge in [0.2, 0.25) is 5.91 Å². The van der Waals surface area contributed by atoms with Crippen molar-refractivity contribution < 1.29 is 4.79 Å². The normalized spacial score (nSPS) is 27.6. The van der Waals surface area contributed by atoms with Crippen molar-refractivity contribution in [2.45, 2.75) is 51.1 Å². The van der Waals surface area contributed by atoms with Crippen molar-refractivity contribution in [2.24, 2.45) is 10.8 Å². The highest BCUT2D eigenvalue weighted by atomic mass is 32.2. The molecule has 1 saturated carbocycles. The van der Waals surface area contributed by atoms with E-state index >= 15 is 0 Å². The first-order chi connectivity index (χ1) is 11.9. The van der Waals surface area contributed by atoms with Gasteiger partial charge in [-0.2, -0.15) is 5.10 Å². The monoisotopic (exact) mass is 355 g/mol. The zero-order valence-electron chi connectivity index (χ0n) is 15.2. The Labute approximate surface area is 153 Å². The molecular weight excluding hydrogens is 330 g/mol. The summed E-state index contributed by atoms with van der Waals surface area (Å²) >= 11 is 1.51. The molecule has 1 aromatic carbocycles. The quantitative estimate of drug-likeness (QED) is 0.776. The van der Waals surface area contributed by atoms with E-state index in [9.17, 15) is 4.79 Å². The molecule has 1 amide bonds. The molecule has 25 heavy (non-hydrogen) atoms. The van der Waals surface area contributed by atoms with Crippen molar-refractivity contribution in [3.63, 3.8) is 0 Å². The smallest absolute Gasteiger partial charge is 0.233 e. The van der Waals surface area contributed by atoms with Crippen molar-refractivity contribution in [1.82, 2.24) is 15.1 Å². The second-order valence-electron chi connectivity index (χ2n) is 8.76. The molecule has 2 heterocycles. The van der Waals surface area contributed by atoms with Crippen molar-refractivity contribution in [1.29, 1.82) is 0 Å². The van der Waals surface area contributed by atoms with Crippen molar-refractivity contribution in [2.75, 3.05) is 12.3 Å². The average Bonchev–Trinajstić information content (AvgIpc) is 2.81. The molecule has 0 spiro atoms. The maximum absolute atomic E-state index is 12.9. The molecule has 1 aliphatic heterocycles. The van der Waals surface area contributed by atoms with Gasteiger partial charge in [-0.25, -0.2) is 0 Å². The maximum Gasteiger partial charge on any atom is 0.233 e. The third kappa shape index (κ3) is 3.26. The highest BCUT2D eigenvalue weighted by Crippen LogP contribution is 2.52. The number of aromatic nitrogens is 2. The molecule has 5 heteroatoms. The van der Waals surface area contributed by atoms with Gasteiger partial charge in [-0.05, 0) is 30.1 Å². The minimum Gasteiger partial charge on any atom is -0.338 e. The predicted octanol–water partition coefficient (Wildman–Crippen LogP) is 4.15. The van der Waals surface area contributed by atoms with E-state index in [0.29, 0.717) is 17.2 Å². The number of carbonyl (C=O) groups excluding carboxylic acids is 1. The molecule has 0 unspecified atom stereocenters. The maximum atomic E-state index is 12.9. The van der Waals surface area contributed by atoms with Crippen molar-refractivity contribution in [3.05, 3.63) is 30.5 Å². The van der Waals surface area contributed by atoms with Crippen LogP contribution in [-0.4, -0.2) is 39.3 Å². The van der Waals surface area contributed by atoms with Crippen LogP contribution in [0.2, 0.25) is 0 Å². The zero-order chi connectivity index (χ0) is 17.7. The molecule has 1 saturated heterocycles. The van der Waals surface area contributed by atoms with Gasteiger partial charge in [0, 0.05) is 23.4 Å². The number of fused-ring (bicyclic) bond motifs is 3. The molecular formula is C20H25N3OS. The van der Waals surface area contributed by atoms with E-state index in [2.05, 4.69) is 35.9 Å². The van der Waals surface area contributed by atoms with Gasteiger partial charge in [0.05, 0.1) is 11.9 Å². The molecule has 4 nitrogen and oxygen atoms in total. The van der Waals surface area contributed by atoms with Gasteiger partial charge in [-0.1, -0.05) is 56.8 Å². The number of hydrogen-bond donors (Lipinski definition) is 0. The summed E-state index contributed by atoms with van der Waals surface area (Å²) in [6.45, 7) is 7.93. The number of hydrogen-bond acceptors (Lipinski definition) is 4. The molecule has 4 rings (SSSR count). The summed E-state index contributed by atoms with van der Waals surface area (Å²) in [5, 5.41) is 11.3. The molecule has 2 atom stereocenters. The van der Waals surface area contributed by atoms with Crippen LogP contribution in [0.3, 0.4) is 0 Å². The van der Waals surface area contributed by atoms with E-state index in [0.717, 1.165) is 35.2 Å². The Morgan fingerprint density at radius 1 is 1.28 bits per heavy atom. The highest BCUT2D eigenvalue weighted by Gasteiger charge is 2.50. The van der Waals surface area contributed by atoms with Gasteiger partial charge >= 0.3 is 0 Å². The minimum absolute atomic E-state index is 0.242. The predicted molar refractivity (Wildman–Crippen MR) is 102 cm³/mol. The van der Waals surface area contributed by atoms with Gasteiger partial charge < -0.3 is 4.90 Å². The molecule has 0 N–H and O–H groups in total. The number of thioether (sulfide) groups is 1. The fourth-order valence-corrected chi connectivity index (χ4v) is 5.95. The Balaban J connectivity index is 1.48. The summed E-state index contributed by atoms with van der Waals surface area (Å²) < 4.78 is 0. The molecule has 1 aromatic heterocycles. The van der Waals surface area contributed by atoms with Crippen molar-refractivity contribution in [3.8, 4) is 0 Å². The summed E-state index contributed by atoms with van der Waals surface area (Å²) in [7, 11) is 0. The van der Waals surface area contributed by atoms with Gasteiger partial charge in [0.1, 0.15) is 5.03 Å². The Morgan fingerprint density at radius 2 is 2.08 bits per heavy atom. The standard InChI is InChI=1S/C20H25N3OS/c1-19(2)8-15-9-20(3,12-19)13-23(15)17(24)11-25-18-16-7-5-4-6-14(16)10-21-22-18/h4-7,10,15H,8-9,11-13H2,1-3H3/t15-,20+/m1/s1. The molecule has 2 fully saturated rings. The van der Waals surface area contributed by atoms with Crippen molar-refractivity contribution >= 4 is 28.4 Å². The third-order valence-corrected chi connectivity index (χ3v) is 6.57. The van der Waals surface area contributed by atoms with E-state index in [1.807, 2.05) is 24.3 Å². The lowest BCUT2D eigenvalue weighted by molar-refractivity contribution is -0.129. The lowest BCUT2D eigenvalue weighted by Gasteiger charge is -2.39. The van der Waals surface area contributed by atoms with Crippen LogP contribution in [0.15, 0.2) is 35.5 Å². The minimum atomic E-state index is 0.242. The van der Waals surface area contributed by atoms with E-state index in [4.69, 9.17) is 0 Å². The number of rotatable bonds is 3. The number of benzene rings is 1. The molecule has 2 aliphatic rings. The fourth-order valence-electron chi connectivity index (χ4n) is 5.07. The van der Waals surface area contributed by atoms with E-state index in [1.54, 1.807) is 6.20 Å². The van der Waals surface area contributed by atoms with E-state index in [-0.39, 0.29) is 11.3 Å². The number of nitrogens with zero attached hydrogens (tertiary/aromatic N) is 3. The summed E-state index contributed by atoms with van der Waals surface area (Å²) in [6.07, 6.45) is 5.25. The first-order valence-corrected chi connectivity index (χ1v) is 9.97. The summed E-state index contributed by atoms with van der Waals surface area (Å²) in [6, 6.07) is 8.48. The lowest BCUT2D eigenvalue weighted by atomic mass is 9.65. The van der Waals surface area contributed by atoms with Crippen LogP contribution >= 0.6 is 11.8 Å². The molecule has 1 aliphatic carbocycles. The van der Waals surface area contributed by atoms with Crippen LogP contribution in [0, 0.1) is 10.8 Å². The number of amides is 1. The Bertz CT molecular complexity index is 816. The molecule has 0 radical (unpaired) electrons. The topological polar surface area (TPSA) is 46.1 Å². The van der Waals surface area contributed by atoms with E-state index < -0.39 is 0 Å². The molecule has 2 aromatic rings. The SMILES string of the molecule is CC1(C)C[C@@H]2C[C@](C)(CN2C(=O)CSc2nncc3ccccc23)C1.